The van der Waals surface area contributed by atoms with Gasteiger partial charge in [-0.25, -0.2) is 0 Å². The maximum absolute atomic E-state index is 12.4. The number of likely N-dealkylation sites (N-methyl/N-ethyl adjacent to an activating group) is 1. The Bertz CT molecular complexity index is 711. The first-order valence-corrected chi connectivity index (χ1v) is 10.3. The van der Waals surface area contributed by atoms with Crippen molar-refractivity contribution < 1.29 is 14.6 Å². The lowest BCUT2D eigenvalue weighted by molar-refractivity contribution is -0.133. The Hall–Kier alpha value is -1.95. The van der Waals surface area contributed by atoms with Crippen molar-refractivity contribution >= 4 is 16.7 Å². The molecule has 0 heterocycles. The SMILES string of the molecule is CCN(CC)CCN(CCO)C(=O)CCOCCc1cccc2ccccc12. The van der Waals surface area contributed by atoms with E-state index in [1.165, 1.54) is 16.3 Å². The van der Waals surface area contributed by atoms with E-state index in [9.17, 15) is 9.90 Å². The summed E-state index contributed by atoms with van der Waals surface area (Å²) in [7, 11) is 0. The van der Waals surface area contributed by atoms with E-state index in [4.69, 9.17) is 4.74 Å². The van der Waals surface area contributed by atoms with Crippen LogP contribution in [0.2, 0.25) is 0 Å². The van der Waals surface area contributed by atoms with E-state index in [2.05, 4.69) is 55.1 Å². The predicted molar refractivity (Wildman–Crippen MR) is 115 cm³/mol. The molecule has 5 nitrogen and oxygen atoms in total. The van der Waals surface area contributed by atoms with E-state index in [1.807, 2.05) is 6.07 Å². The summed E-state index contributed by atoms with van der Waals surface area (Å²) >= 11 is 0. The summed E-state index contributed by atoms with van der Waals surface area (Å²) in [6, 6.07) is 14.7. The van der Waals surface area contributed by atoms with E-state index in [0.29, 0.717) is 32.7 Å². The molecule has 0 unspecified atom stereocenters. The molecule has 0 fully saturated rings. The van der Waals surface area contributed by atoms with Crippen LogP contribution in [-0.4, -0.2) is 73.4 Å². The van der Waals surface area contributed by atoms with Crippen LogP contribution in [0, 0.1) is 0 Å². The fraction of sp³-hybridized carbons (Fsp3) is 0.522. The number of hydrogen-bond donors (Lipinski definition) is 1. The first kappa shape index (κ1) is 22.3. The Morgan fingerprint density at radius 2 is 1.71 bits per heavy atom. The zero-order chi connectivity index (χ0) is 20.2. The Morgan fingerprint density at radius 3 is 2.46 bits per heavy atom. The molecule has 2 aromatic carbocycles. The average molecular weight is 387 g/mol. The molecule has 0 saturated carbocycles. The van der Waals surface area contributed by atoms with Crippen molar-refractivity contribution in [3.63, 3.8) is 0 Å². The second-order valence-corrected chi connectivity index (χ2v) is 6.88. The van der Waals surface area contributed by atoms with Crippen LogP contribution in [0.4, 0.5) is 0 Å². The van der Waals surface area contributed by atoms with Crippen LogP contribution in [0.5, 0.6) is 0 Å². The van der Waals surface area contributed by atoms with Gasteiger partial charge in [-0.3, -0.25) is 4.79 Å². The van der Waals surface area contributed by atoms with E-state index in [0.717, 1.165) is 26.1 Å². The molecule has 0 aliphatic rings. The van der Waals surface area contributed by atoms with Gasteiger partial charge >= 0.3 is 0 Å². The zero-order valence-electron chi connectivity index (χ0n) is 17.3. The number of carbonyl (C=O) groups is 1. The summed E-state index contributed by atoms with van der Waals surface area (Å²) in [6.45, 7) is 9.04. The van der Waals surface area contributed by atoms with Crippen LogP contribution in [0.1, 0.15) is 25.8 Å². The molecule has 28 heavy (non-hydrogen) atoms. The van der Waals surface area contributed by atoms with Crippen molar-refractivity contribution in [1.29, 1.82) is 0 Å². The van der Waals surface area contributed by atoms with Gasteiger partial charge in [-0.1, -0.05) is 56.3 Å². The summed E-state index contributed by atoms with van der Waals surface area (Å²) in [5, 5.41) is 11.7. The molecule has 1 amide bonds. The number of nitrogens with zero attached hydrogens (tertiary/aromatic N) is 2. The van der Waals surface area contributed by atoms with Crippen molar-refractivity contribution in [3.05, 3.63) is 48.0 Å². The molecular weight excluding hydrogens is 352 g/mol. The van der Waals surface area contributed by atoms with Crippen molar-refractivity contribution in [3.8, 4) is 0 Å². The maximum atomic E-state index is 12.4. The molecule has 0 aliphatic heterocycles. The monoisotopic (exact) mass is 386 g/mol. The number of rotatable bonds is 13. The molecule has 1 N–H and O–H groups in total. The van der Waals surface area contributed by atoms with Gasteiger partial charge in [-0.15, -0.1) is 0 Å². The molecule has 154 valence electrons. The largest absolute Gasteiger partial charge is 0.395 e. The smallest absolute Gasteiger partial charge is 0.225 e. The van der Waals surface area contributed by atoms with E-state index in [-0.39, 0.29) is 12.5 Å². The summed E-state index contributed by atoms with van der Waals surface area (Å²) in [5.74, 6) is 0.0476. The number of fused-ring (bicyclic) bond motifs is 1. The minimum absolute atomic E-state index is 0.00801. The van der Waals surface area contributed by atoms with Gasteiger partial charge in [0.25, 0.3) is 0 Å². The van der Waals surface area contributed by atoms with Gasteiger partial charge in [0.2, 0.25) is 5.91 Å². The third kappa shape index (κ3) is 6.89. The summed E-state index contributed by atoms with van der Waals surface area (Å²) in [4.78, 5) is 16.5. The minimum atomic E-state index is -0.00801. The van der Waals surface area contributed by atoms with E-state index in [1.54, 1.807) is 4.90 Å². The quantitative estimate of drug-likeness (QED) is 0.538. The third-order valence-corrected chi connectivity index (χ3v) is 5.16. The highest BCUT2D eigenvalue weighted by atomic mass is 16.5. The molecule has 0 spiro atoms. The Labute approximate surface area is 168 Å². The number of aliphatic hydroxyl groups excluding tert-OH is 1. The average Bonchev–Trinajstić information content (AvgIpc) is 2.73. The highest BCUT2D eigenvalue weighted by molar-refractivity contribution is 5.85. The molecule has 0 aliphatic carbocycles. The Morgan fingerprint density at radius 1 is 0.964 bits per heavy atom. The van der Waals surface area contributed by atoms with Crippen LogP contribution >= 0.6 is 0 Å². The van der Waals surface area contributed by atoms with Gasteiger partial charge in [-0.2, -0.15) is 0 Å². The molecule has 0 atom stereocenters. The predicted octanol–water partition coefficient (Wildman–Crippen LogP) is 2.95. The van der Waals surface area contributed by atoms with Crippen LogP contribution in [0.15, 0.2) is 42.5 Å². The topological polar surface area (TPSA) is 53.0 Å². The molecule has 0 radical (unpaired) electrons. The second kappa shape index (κ2) is 12.5. The standard InChI is InChI=1S/C23H34N2O3/c1-3-24(4-2)14-15-25(16-17-26)23(27)13-19-28-18-12-21-10-7-9-20-8-5-6-11-22(20)21/h5-11,26H,3-4,12-19H2,1-2H3. The lowest BCUT2D eigenvalue weighted by Crippen LogP contribution is -2.40. The minimum Gasteiger partial charge on any atom is -0.395 e. The first-order chi connectivity index (χ1) is 13.7. The highest BCUT2D eigenvalue weighted by Crippen LogP contribution is 2.18. The van der Waals surface area contributed by atoms with Crippen molar-refractivity contribution in [1.82, 2.24) is 9.80 Å². The molecule has 2 rings (SSSR count). The third-order valence-electron chi connectivity index (χ3n) is 5.16. The Balaban J connectivity index is 1.74. The number of amides is 1. The molecule has 0 aromatic heterocycles. The van der Waals surface area contributed by atoms with Crippen LogP contribution in [0.3, 0.4) is 0 Å². The number of benzene rings is 2. The van der Waals surface area contributed by atoms with Crippen molar-refractivity contribution in [2.75, 3.05) is 52.5 Å². The lowest BCUT2D eigenvalue weighted by atomic mass is 10.0. The highest BCUT2D eigenvalue weighted by Gasteiger charge is 2.13. The van der Waals surface area contributed by atoms with Crippen molar-refractivity contribution in [2.45, 2.75) is 26.7 Å². The lowest BCUT2D eigenvalue weighted by Gasteiger charge is -2.26. The van der Waals surface area contributed by atoms with Gasteiger partial charge in [0.05, 0.1) is 26.2 Å². The zero-order valence-corrected chi connectivity index (χ0v) is 17.3. The summed E-state index contributed by atoms with van der Waals surface area (Å²) in [5.41, 5.74) is 1.27. The summed E-state index contributed by atoms with van der Waals surface area (Å²) < 4.78 is 5.73. The second-order valence-electron chi connectivity index (χ2n) is 6.88. The Kier molecular flexibility index (Phi) is 9.97. The number of hydrogen-bond acceptors (Lipinski definition) is 4. The van der Waals surface area contributed by atoms with Gasteiger partial charge in [0.15, 0.2) is 0 Å². The van der Waals surface area contributed by atoms with Crippen LogP contribution in [-0.2, 0) is 16.0 Å². The van der Waals surface area contributed by atoms with Gasteiger partial charge in [-0.05, 0) is 35.8 Å². The van der Waals surface area contributed by atoms with E-state index < -0.39 is 0 Å². The molecule has 0 bridgehead atoms. The number of aliphatic hydroxyl groups is 1. The summed E-state index contributed by atoms with van der Waals surface area (Å²) in [6.07, 6.45) is 1.19. The normalized spacial score (nSPS) is 11.3. The fourth-order valence-corrected chi connectivity index (χ4v) is 3.40. The van der Waals surface area contributed by atoms with Gasteiger partial charge in [0.1, 0.15) is 0 Å². The maximum Gasteiger partial charge on any atom is 0.225 e. The molecular formula is C23H34N2O3. The first-order valence-electron chi connectivity index (χ1n) is 10.3. The number of carbonyl (C=O) groups excluding carboxylic acids is 1. The van der Waals surface area contributed by atoms with Gasteiger partial charge in [0, 0.05) is 19.6 Å². The van der Waals surface area contributed by atoms with Crippen LogP contribution < -0.4 is 0 Å². The van der Waals surface area contributed by atoms with Gasteiger partial charge < -0.3 is 19.6 Å². The molecule has 5 heteroatoms. The molecule has 2 aromatic rings. The fourth-order valence-electron chi connectivity index (χ4n) is 3.40. The molecule has 0 saturated heterocycles. The van der Waals surface area contributed by atoms with Crippen LogP contribution in [0.25, 0.3) is 10.8 Å². The van der Waals surface area contributed by atoms with E-state index >= 15 is 0 Å². The number of ether oxygens (including phenoxy) is 1. The van der Waals surface area contributed by atoms with Crippen molar-refractivity contribution in [2.24, 2.45) is 0 Å².